The molecule has 2 aromatic carbocycles. The summed E-state index contributed by atoms with van der Waals surface area (Å²) in [4.78, 5) is 0. The summed E-state index contributed by atoms with van der Waals surface area (Å²) in [5.74, 6) is -0.163. The first-order valence-corrected chi connectivity index (χ1v) is 6.32. The number of hydrogen-bond acceptors (Lipinski definition) is 4. The molecule has 1 aliphatic rings. The zero-order valence-electron chi connectivity index (χ0n) is 11.0. The third-order valence-corrected chi connectivity index (χ3v) is 3.45. The number of rotatable bonds is 1. The molecule has 1 atom stereocenters. The molecule has 1 heterocycles. The minimum atomic E-state index is -0.389. The Labute approximate surface area is 121 Å². The van der Waals surface area contributed by atoms with Gasteiger partial charge in [-0.25, -0.2) is 4.39 Å². The maximum Gasteiger partial charge on any atom is 0.205 e. The van der Waals surface area contributed by atoms with Gasteiger partial charge in [0.2, 0.25) is 5.88 Å². The molecule has 21 heavy (non-hydrogen) atoms. The Hall–Kier alpha value is -3.00. The van der Waals surface area contributed by atoms with Crippen LogP contribution in [0.1, 0.15) is 17.0 Å². The van der Waals surface area contributed by atoms with Crippen molar-refractivity contribution in [3.8, 4) is 11.8 Å². The van der Waals surface area contributed by atoms with E-state index in [0.717, 1.165) is 11.1 Å². The van der Waals surface area contributed by atoms with E-state index < -0.39 is 0 Å². The van der Waals surface area contributed by atoms with E-state index in [2.05, 4.69) is 6.07 Å². The van der Waals surface area contributed by atoms with Gasteiger partial charge in [0.15, 0.2) is 0 Å². The number of benzene rings is 2. The lowest BCUT2D eigenvalue weighted by atomic mass is 9.83. The van der Waals surface area contributed by atoms with Crippen LogP contribution >= 0.6 is 0 Å². The molecule has 0 unspecified atom stereocenters. The maximum atomic E-state index is 13.1. The number of hydrogen-bond donors (Lipinski definition) is 2. The molecule has 3 rings (SSSR count). The van der Waals surface area contributed by atoms with Gasteiger partial charge in [-0.15, -0.1) is 0 Å². The first-order valence-electron chi connectivity index (χ1n) is 6.32. The van der Waals surface area contributed by atoms with Crippen LogP contribution in [0.3, 0.4) is 0 Å². The zero-order valence-corrected chi connectivity index (χ0v) is 11.0. The highest BCUT2D eigenvalue weighted by atomic mass is 19.1. The second-order valence-corrected chi connectivity index (χ2v) is 4.77. The molecule has 0 saturated carbocycles. The molecule has 5 heteroatoms. The Morgan fingerprint density at radius 1 is 1.10 bits per heavy atom. The van der Waals surface area contributed by atoms with E-state index in [-0.39, 0.29) is 17.6 Å². The highest BCUT2D eigenvalue weighted by Crippen LogP contribution is 2.42. The number of nitrogen functional groups attached to an aromatic ring is 1. The monoisotopic (exact) mass is 281 g/mol. The van der Waals surface area contributed by atoms with E-state index in [1.165, 1.54) is 12.1 Å². The van der Waals surface area contributed by atoms with Crippen LogP contribution in [0.15, 0.2) is 53.9 Å². The molecular formula is C16H12FN3O. The molecule has 0 fully saturated rings. The van der Waals surface area contributed by atoms with E-state index in [4.69, 9.17) is 16.2 Å². The largest absolute Gasteiger partial charge is 0.440 e. The molecule has 4 N–H and O–H groups in total. The lowest BCUT2D eigenvalue weighted by Gasteiger charge is -2.26. The number of ether oxygens (including phenoxy) is 1. The number of anilines is 1. The summed E-state index contributed by atoms with van der Waals surface area (Å²) in [6, 6.07) is 13.2. The predicted molar refractivity (Wildman–Crippen MR) is 76.6 cm³/mol. The number of fused-ring (bicyclic) bond motifs is 1. The van der Waals surface area contributed by atoms with E-state index in [1.54, 1.807) is 30.3 Å². The van der Waals surface area contributed by atoms with Gasteiger partial charge < -0.3 is 16.2 Å². The van der Waals surface area contributed by atoms with Crippen LogP contribution in [0.25, 0.3) is 0 Å². The topological polar surface area (TPSA) is 85.1 Å². The fraction of sp³-hybridized carbons (Fsp3) is 0.0625. The first-order chi connectivity index (χ1) is 10.1. The van der Waals surface area contributed by atoms with Gasteiger partial charge >= 0.3 is 0 Å². The highest BCUT2D eigenvalue weighted by molar-refractivity contribution is 5.59. The van der Waals surface area contributed by atoms with Crippen molar-refractivity contribution in [2.24, 2.45) is 5.73 Å². The lowest BCUT2D eigenvalue weighted by molar-refractivity contribution is 0.394. The van der Waals surface area contributed by atoms with Crippen LogP contribution in [0.2, 0.25) is 0 Å². The zero-order chi connectivity index (χ0) is 15.0. The van der Waals surface area contributed by atoms with Crippen molar-refractivity contribution >= 4 is 5.69 Å². The number of nitrogens with two attached hydrogens (primary N) is 2. The van der Waals surface area contributed by atoms with Gasteiger partial charge in [0.1, 0.15) is 23.2 Å². The fourth-order valence-electron chi connectivity index (χ4n) is 2.47. The molecule has 4 nitrogen and oxygen atoms in total. The fourth-order valence-corrected chi connectivity index (χ4v) is 2.47. The van der Waals surface area contributed by atoms with Gasteiger partial charge in [-0.2, -0.15) is 5.26 Å². The summed E-state index contributed by atoms with van der Waals surface area (Å²) < 4.78 is 18.6. The average Bonchev–Trinajstić information content (AvgIpc) is 2.46. The van der Waals surface area contributed by atoms with Crippen molar-refractivity contribution in [2.45, 2.75) is 5.92 Å². The van der Waals surface area contributed by atoms with Crippen molar-refractivity contribution in [1.82, 2.24) is 0 Å². The molecule has 2 aromatic rings. The van der Waals surface area contributed by atoms with Gasteiger partial charge in [0.25, 0.3) is 0 Å². The van der Waals surface area contributed by atoms with Crippen LogP contribution in [-0.4, -0.2) is 0 Å². The Bertz CT molecular complexity index is 775. The number of nitriles is 1. The standard InChI is InChI=1S/C16H12FN3O/c17-10-3-1-9(2-4-10)15-12-6-5-11(19)7-14(12)21-16(20)13(15)8-18/h1-7,15H,19-20H2/t15-/m1/s1. The molecule has 1 aliphatic heterocycles. The summed E-state index contributed by atoms with van der Waals surface area (Å²) in [5.41, 5.74) is 14.0. The predicted octanol–water partition coefficient (Wildman–Crippen LogP) is 2.63. The van der Waals surface area contributed by atoms with Crippen LogP contribution in [0.5, 0.6) is 5.75 Å². The molecule has 0 aromatic heterocycles. The smallest absolute Gasteiger partial charge is 0.205 e. The number of allylic oxidation sites excluding steroid dienone is 1. The SMILES string of the molecule is N#CC1=C(N)Oc2cc(N)ccc2[C@H]1c1ccc(F)cc1. The Balaban J connectivity index is 2.21. The summed E-state index contributed by atoms with van der Waals surface area (Å²) in [6.07, 6.45) is 0. The van der Waals surface area contributed by atoms with Crippen molar-refractivity contribution in [3.05, 3.63) is 70.9 Å². The Kier molecular flexibility index (Phi) is 2.99. The average molecular weight is 281 g/mol. The molecule has 0 bridgehead atoms. The summed E-state index contributed by atoms with van der Waals surface area (Å²) in [6.45, 7) is 0. The first kappa shape index (κ1) is 13.0. The second-order valence-electron chi connectivity index (χ2n) is 4.77. The third kappa shape index (κ3) is 2.17. The van der Waals surface area contributed by atoms with E-state index >= 15 is 0 Å². The third-order valence-electron chi connectivity index (χ3n) is 3.45. The molecule has 0 spiro atoms. The van der Waals surface area contributed by atoms with Crippen molar-refractivity contribution in [3.63, 3.8) is 0 Å². The van der Waals surface area contributed by atoms with Crippen molar-refractivity contribution < 1.29 is 9.13 Å². The Morgan fingerprint density at radius 2 is 1.81 bits per heavy atom. The molecule has 104 valence electrons. The summed E-state index contributed by atoms with van der Waals surface area (Å²) >= 11 is 0. The Morgan fingerprint density at radius 3 is 2.48 bits per heavy atom. The van der Waals surface area contributed by atoms with Gasteiger partial charge in [0.05, 0.1) is 5.92 Å². The van der Waals surface area contributed by atoms with E-state index in [9.17, 15) is 9.65 Å². The summed E-state index contributed by atoms with van der Waals surface area (Å²) in [5, 5.41) is 9.36. The highest BCUT2D eigenvalue weighted by Gasteiger charge is 2.30. The van der Waals surface area contributed by atoms with Gasteiger partial charge in [-0.3, -0.25) is 0 Å². The summed E-state index contributed by atoms with van der Waals surface area (Å²) in [7, 11) is 0. The van der Waals surface area contributed by atoms with Gasteiger partial charge in [-0.1, -0.05) is 18.2 Å². The van der Waals surface area contributed by atoms with Gasteiger partial charge in [-0.05, 0) is 23.8 Å². The van der Waals surface area contributed by atoms with Crippen molar-refractivity contribution in [1.29, 1.82) is 5.26 Å². The van der Waals surface area contributed by atoms with Crippen LogP contribution in [0, 0.1) is 17.1 Å². The second kappa shape index (κ2) is 4.84. The minimum Gasteiger partial charge on any atom is -0.440 e. The van der Waals surface area contributed by atoms with Crippen LogP contribution in [0.4, 0.5) is 10.1 Å². The van der Waals surface area contributed by atoms with E-state index in [0.29, 0.717) is 17.0 Å². The quantitative estimate of drug-likeness (QED) is 0.787. The van der Waals surface area contributed by atoms with Crippen LogP contribution < -0.4 is 16.2 Å². The maximum absolute atomic E-state index is 13.1. The van der Waals surface area contributed by atoms with Crippen molar-refractivity contribution in [2.75, 3.05) is 5.73 Å². The molecule has 0 amide bonds. The molecule has 0 saturated heterocycles. The molecule has 0 radical (unpaired) electrons. The number of nitrogens with zero attached hydrogens (tertiary/aromatic N) is 1. The van der Waals surface area contributed by atoms with Gasteiger partial charge in [0, 0.05) is 17.3 Å². The van der Waals surface area contributed by atoms with Crippen LogP contribution in [-0.2, 0) is 0 Å². The molecular weight excluding hydrogens is 269 g/mol. The minimum absolute atomic E-state index is 0.0462. The molecule has 0 aliphatic carbocycles. The normalized spacial score (nSPS) is 16.9. The number of halogens is 1. The van der Waals surface area contributed by atoms with E-state index in [1.807, 2.05) is 0 Å². The lowest BCUT2D eigenvalue weighted by Crippen LogP contribution is -2.21.